The van der Waals surface area contributed by atoms with Gasteiger partial charge in [0.1, 0.15) is 0 Å². The Morgan fingerprint density at radius 2 is 1.67 bits per heavy atom. The monoisotopic (exact) mass is 536 g/mol. The maximum absolute atomic E-state index is 6.44. The van der Waals surface area contributed by atoms with Gasteiger partial charge in [0.2, 0.25) is 0 Å². The molecule has 3 nitrogen and oxygen atoms in total. The molecule has 27 heavy (non-hydrogen) atoms. The van der Waals surface area contributed by atoms with Crippen molar-refractivity contribution in [3.63, 3.8) is 0 Å². The fourth-order valence-corrected chi connectivity index (χ4v) is 5.37. The lowest BCUT2D eigenvalue weighted by Gasteiger charge is -2.36. The number of halogens is 4. The lowest BCUT2D eigenvalue weighted by atomic mass is 10.1. The van der Waals surface area contributed by atoms with Crippen LogP contribution < -0.4 is 5.32 Å². The van der Waals surface area contributed by atoms with Crippen LogP contribution in [-0.2, 0) is 17.8 Å². The van der Waals surface area contributed by atoms with E-state index in [1.54, 1.807) is 0 Å². The zero-order chi connectivity index (χ0) is 17.2. The molecule has 0 spiro atoms. The second-order valence-corrected chi connectivity index (χ2v) is 8.59. The van der Waals surface area contributed by atoms with Crippen molar-refractivity contribution in [3.05, 3.63) is 68.1 Å². The molecule has 1 heterocycles. The van der Waals surface area contributed by atoms with Gasteiger partial charge in [0.05, 0.1) is 18.8 Å². The first-order valence-corrected chi connectivity index (χ1v) is 10.4. The smallest absolute Gasteiger partial charge is 0.0816 e. The van der Waals surface area contributed by atoms with Crippen LogP contribution in [0.5, 0.6) is 0 Å². The van der Waals surface area contributed by atoms with Gasteiger partial charge in [0.15, 0.2) is 0 Å². The van der Waals surface area contributed by atoms with Gasteiger partial charge in [-0.15, -0.1) is 24.8 Å². The van der Waals surface area contributed by atoms with E-state index in [0.717, 1.165) is 41.5 Å². The van der Waals surface area contributed by atoms with Gasteiger partial charge < -0.3 is 10.1 Å². The van der Waals surface area contributed by atoms with Crippen LogP contribution in [-0.4, -0.2) is 37.2 Å². The summed E-state index contributed by atoms with van der Waals surface area (Å²) < 4.78 is 8.60. The van der Waals surface area contributed by atoms with Gasteiger partial charge in [0, 0.05) is 41.5 Å². The van der Waals surface area contributed by atoms with Crippen LogP contribution in [0, 0.1) is 0 Å². The fraction of sp³-hybridized carbons (Fsp3) is 0.400. The number of fused-ring (bicyclic) bond motifs is 1. The van der Waals surface area contributed by atoms with Crippen molar-refractivity contribution < 1.29 is 4.74 Å². The first-order chi connectivity index (χ1) is 12.2. The highest BCUT2D eigenvalue weighted by molar-refractivity contribution is 9.11. The van der Waals surface area contributed by atoms with E-state index < -0.39 is 0 Å². The maximum Gasteiger partial charge on any atom is 0.0816 e. The summed E-state index contributed by atoms with van der Waals surface area (Å²) in [4.78, 5) is 2.59. The van der Waals surface area contributed by atoms with Gasteiger partial charge in [-0.2, -0.15) is 0 Å². The van der Waals surface area contributed by atoms with Crippen molar-refractivity contribution in [2.75, 3.05) is 26.2 Å². The first-order valence-electron chi connectivity index (χ1n) is 8.80. The van der Waals surface area contributed by atoms with Crippen molar-refractivity contribution in [1.29, 1.82) is 0 Å². The molecule has 1 fully saturated rings. The predicted octanol–water partition coefficient (Wildman–Crippen LogP) is 5.14. The average molecular weight is 539 g/mol. The summed E-state index contributed by atoms with van der Waals surface area (Å²) in [6.07, 6.45) is 1.22. The molecule has 0 saturated carbocycles. The van der Waals surface area contributed by atoms with Crippen LogP contribution in [0.25, 0.3) is 0 Å². The van der Waals surface area contributed by atoms with E-state index in [0.29, 0.717) is 12.6 Å². The third-order valence-electron chi connectivity index (χ3n) is 5.08. The molecular formula is C20H24Br2Cl2N2O. The zero-order valence-corrected chi connectivity index (χ0v) is 19.7. The van der Waals surface area contributed by atoms with E-state index in [9.17, 15) is 0 Å². The minimum atomic E-state index is 0. The third kappa shape index (κ3) is 5.47. The Morgan fingerprint density at radius 3 is 2.37 bits per heavy atom. The van der Waals surface area contributed by atoms with Gasteiger partial charge >= 0.3 is 0 Å². The van der Waals surface area contributed by atoms with E-state index in [2.05, 4.69) is 84.5 Å². The Hall–Kier alpha value is -0.140. The molecule has 0 radical (unpaired) electrons. The fourth-order valence-electron chi connectivity index (χ4n) is 3.98. The molecule has 2 atom stereocenters. The highest BCUT2D eigenvalue weighted by Gasteiger charge is 2.37. The van der Waals surface area contributed by atoms with Crippen LogP contribution >= 0.6 is 56.7 Å². The quantitative estimate of drug-likeness (QED) is 0.583. The molecule has 1 saturated heterocycles. The molecule has 2 aromatic carbocycles. The van der Waals surface area contributed by atoms with Crippen LogP contribution in [0.2, 0.25) is 0 Å². The van der Waals surface area contributed by atoms with Crippen molar-refractivity contribution >= 4 is 56.7 Å². The van der Waals surface area contributed by atoms with Gasteiger partial charge in [-0.1, -0.05) is 56.1 Å². The second-order valence-electron chi connectivity index (χ2n) is 6.76. The van der Waals surface area contributed by atoms with Crippen LogP contribution in [0.4, 0.5) is 0 Å². The van der Waals surface area contributed by atoms with Crippen molar-refractivity contribution in [3.8, 4) is 0 Å². The Balaban J connectivity index is 0.00000131. The van der Waals surface area contributed by atoms with Crippen molar-refractivity contribution in [2.24, 2.45) is 0 Å². The number of nitrogens with one attached hydrogen (secondary N) is 1. The number of nitrogens with zero attached hydrogens (tertiary/aromatic N) is 1. The lowest BCUT2D eigenvalue weighted by Crippen LogP contribution is -2.47. The largest absolute Gasteiger partial charge is 0.371 e. The molecule has 2 unspecified atom stereocenters. The predicted molar refractivity (Wildman–Crippen MR) is 122 cm³/mol. The number of ether oxygens (including phenoxy) is 1. The summed E-state index contributed by atoms with van der Waals surface area (Å²) in [5.74, 6) is 0. The summed E-state index contributed by atoms with van der Waals surface area (Å²) in [5, 5.41) is 3.45. The van der Waals surface area contributed by atoms with E-state index in [4.69, 9.17) is 4.74 Å². The number of hydrogen-bond donors (Lipinski definition) is 1. The molecule has 4 rings (SSSR count). The minimum absolute atomic E-state index is 0. The topological polar surface area (TPSA) is 24.5 Å². The van der Waals surface area contributed by atoms with Gasteiger partial charge in [-0.3, -0.25) is 4.90 Å². The van der Waals surface area contributed by atoms with E-state index in [1.807, 2.05) is 0 Å². The molecule has 0 bridgehead atoms. The highest BCUT2D eigenvalue weighted by Crippen LogP contribution is 2.38. The first kappa shape index (κ1) is 23.1. The van der Waals surface area contributed by atoms with Gasteiger partial charge in [0.25, 0.3) is 0 Å². The summed E-state index contributed by atoms with van der Waals surface area (Å²) in [5.41, 5.74) is 4.08. The average Bonchev–Trinajstić information content (AvgIpc) is 2.98. The van der Waals surface area contributed by atoms with E-state index >= 15 is 0 Å². The molecule has 0 amide bonds. The summed E-state index contributed by atoms with van der Waals surface area (Å²) in [7, 11) is 0. The number of rotatable bonds is 4. The summed E-state index contributed by atoms with van der Waals surface area (Å²) in [6, 6.07) is 15.5. The normalized spacial score (nSPS) is 21.9. The molecular weight excluding hydrogens is 515 g/mol. The van der Waals surface area contributed by atoms with E-state index in [-0.39, 0.29) is 30.9 Å². The van der Waals surface area contributed by atoms with E-state index in [1.165, 1.54) is 16.7 Å². The van der Waals surface area contributed by atoms with Crippen molar-refractivity contribution in [2.45, 2.75) is 25.2 Å². The SMILES string of the molecule is Brc1cc(Br)cc(COC2Cc3ccccc3C2N2CCNCC2)c1.Cl.Cl. The molecule has 1 aliphatic carbocycles. The number of benzene rings is 2. The van der Waals surface area contributed by atoms with Crippen molar-refractivity contribution in [1.82, 2.24) is 10.2 Å². The van der Waals surface area contributed by atoms with Gasteiger partial charge in [-0.25, -0.2) is 0 Å². The Kier molecular flexibility index (Phi) is 9.07. The van der Waals surface area contributed by atoms with Crippen LogP contribution in [0.3, 0.4) is 0 Å². The summed E-state index contributed by atoms with van der Waals surface area (Å²) >= 11 is 7.13. The molecule has 0 aromatic heterocycles. The molecule has 1 aliphatic heterocycles. The Morgan fingerprint density at radius 1 is 1.00 bits per heavy atom. The number of hydrogen-bond acceptors (Lipinski definition) is 3. The molecule has 148 valence electrons. The highest BCUT2D eigenvalue weighted by atomic mass is 79.9. The van der Waals surface area contributed by atoms with Gasteiger partial charge in [-0.05, 0) is 34.9 Å². The molecule has 2 aromatic rings. The zero-order valence-electron chi connectivity index (χ0n) is 14.9. The molecule has 2 aliphatic rings. The Bertz CT molecular complexity index is 736. The molecule has 7 heteroatoms. The third-order valence-corrected chi connectivity index (χ3v) is 5.99. The second kappa shape index (κ2) is 10.6. The van der Waals surface area contributed by atoms with Crippen LogP contribution in [0.15, 0.2) is 51.4 Å². The standard InChI is InChI=1S/C20H22Br2N2O.2ClH/c21-16-9-14(10-17(22)12-16)13-25-19-11-15-3-1-2-4-18(15)20(19)24-7-5-23-6-8-24;;/h1-4,9-10,12,19-20,23H,5-8,11,13H2;2*1H. The lowest BCUT2D eigenvalue weighted by molar-refractivity contribution is -0.0188. The summed E-state index contributed by atoms with van der Waals surface area (Å²) in [6.45, 7) is 4.93. The Labute approximate surface area is 190 Å². The number of piperazine rings is 1. The molecule has 1 N–H and O–H groups in total. The van der Waals surface area contributed by atoms with Crippen LogP contribution in [0.1, 0.15) is 22.7 Å². The maximum atomic E-state index is 6.44. The minimum Gasteiger partial charge on any atom is -0.371 e.